The molecular weight excluding hydrogens is 374 g/mol. The van der Waals surface area contributed by atoms with Gasteiger partial charge in [-0.2, -0.15) is 0 Å². The Morgan fingerprint density at radius 3 is 2.42 bits per heavy atom. The molecule has 0 radical (unpaired) electrons. The van der Waals surface area contributed by atoms with Gasteiger partial charge in [0.2, 0.25) is 9.84 Å². The molecule has 0 saturated carbocycles. The molecule has 1 aromatic carbocycles. The minimum Gasteiger partial charge on any atom is -0.370 e. The van der Waals surface area contributed by atoms with Crippen LogP contribution in [0.3, 0.4) is 0 Å². The molecule has 2 heterocycles. The van der Waals surface area contributed by atoms with Crippen LogP contribution in [0, 0.1) is 6.92 Å². The molecule has 3 aromatic rings. The zero-order valence-electron chi connectivity index (χ0n) is 15.1. The van der Waals surface area contributed by atoms with Crippen molar-refractivity contribution in [1.82, 2.24) is 19.5 Å². The predicted octanol–water partition coefficient (Wildman–Crippen LogP) is 2.40. The fourth-order valence-corrected chi connectivity index (χ4v) is 4.26. The minimum atomic E-state index is -3.75. The first-order chi connectivity index (χ1) is 11.8. The maximum Gasteiger partial charge on any atom is 0.214 e. The highest BCUT2D eigenvalue weighted by atomic mass is 35.5. The average molecular weight is 396 g/mol. The lowest BCUT2D eigenvalue weighted by atomic mass is 10.3. The molecule has 0 spiro atoms. The number of aryl methyl sites for hydroxylation is 1. The molecule has 9 heteroatoms. The summed E-state index contributed by atoms with van der Waals surface area (Å²) in [5.41, 5.74) is 1.96. The van der Waals surface area contributed by atoms with Crippen LogP contribution in [-0.2, 0) is 16.4 Å². The highest BCUT2D eigenvalue weighted by molar-refractivity contribution is 7.91. The number of sulfone groups is 1. The van der Waals surface area contributed by atoms with Gasteiger partial charge in [0.05, 0.1) is 10.6 Å². The van der Waals surface area contributed by atoms with Crippen LogP contribution in [0.25, 0.3) is 5.65 Å². The van der Waals surface area contributed by atoms with Crippen molar-refractivity contribution in [2.24, 2.45) is 0 Å². The number of hydrogen-bond acceptors (Lipinski definition) is 6. The van der Waals surface area contributed by atoms with Gasteiger partial charge in [-0.25, -0.2) is 17.9 Å². The number of nitrogens with zero attached hydrogens (tertiary/aromatic N) is 4. The average Bonchev–Trinajstić information content (AvgIpc) is 2.95. The van der Waals surface area contributed by atoms with E-state index in [1.165, 1.54) is 0 Å². The summed E-state index contributed by atoms with van der Waals surface area (Å²) in [4.78, 5) is 6.88. The van der Waals surface area contributed by atoms with Crippen molar-refractivity contribution < 1.29 is 8.42 Å². The van der Waals surface area contributed by atoms with E-state index in [-0.39, 0.29) is 22.2 Å². The smallest absolute Gasteiger partial charge is 0.214 e. The van der Waals surface area contributed by atoms with E-state index in [4.69, 9.17) is 0 Å². The van der Waals surface area contributed by atoms with Crippen molar-refractivity contribution in [3.63, 3.8) is 0 Å². The first-order valence-corrected chi connectivity index (χ1v) is 9.35. The molecule has 0 bridgehead atoms. The van der Waals surface area contributed by atoms with E-state index in [0.29, 0.717) is 18.0 Å². The molecule has 3 rings (SSSR count). The summed E-state index contributed by atoms with van der Waals surface area (Å²) in [6, 6.07) is 10.3. The third-order valence-corrected chi connectivity index (χ3v) is 5.62. The highest BCUT2D eigenvalue weighted by Crippen LogP contribution is 2.31. The van der Waals surface area contributed by atoms with Crippen LogP contribution in [0.5, 0.6) is 0 Å². The number of nitrogens with one attached hydrogen (secondary N) is 1. The first-order valence-electron chi connectivity index (χ1n) is 7.86. The molecule has 140 valence electrons. The van der Waals surface area contributed by atoms with Gasteiger partial charge in [0, 0.05) is 19.3 Å². The lowest BCUT2D eigenvalue weighted by Gasteiger charge is -2.10. The predicted molar refractivity (Wildman–Crippen MR) is 104 cm³/mol. The Morgan fingerprint density at radius 2 is 1.85 bits per heavy atom. The summed E-state index contributed by atoms with van der Waals surface area (Å²) in [6.07, 6.45) is 0. The molecule has 0 aliphatic carbocycles. The molecule has 7 nitrogen and oxygen atoms in total. The number of halogens is 1. The topological polar surface area (TPSA) is 79.6 Å². The molecule has 0 unspecified atom stereocenters. The van der Waals surface area contributed by atoms with Crippen molar-refractivity contribution in [3.05, 3.63) is 47.8 Å². The van der Waals surface area contributed by atoms with E-state index in [1.54, 1.807) is 41.9 Å². The van der Waals surface area contributed by atoms with Crippen molar-refractivity contribution in [2.45, 2.75) is 23.3 Å². The third-order valence-electron chi connectivity index (χ3n) is 3.82. The van der Waals surface area contributed by atoms with Crippen molar-refractivity contribution >= 4 is 33.7 Å². The number of anilines is 1. The summed E-state index contributed by atoms with van der Waals surface area (Å²) in [5.74, 6) is 0.293. The Bertz CT molecular complexity index is 1020. The third kappa shape index (κ3) is 3.53. The Labute approximate surface area is 159 Å². The van der Waals surface area contributed by atoms with Gasteiger partial charge >= 0.3 is 0 Å². The van der Waals surface area contributed by atoms with Crippen LogP contribution in [0.1, 0.15) is 11.4 Å². The Balaban J connectivity index is 0.00000243. The second-order valence-electron chi connectivity index (χ2n) is 6.11. The Hall–Kier alpha value is -2.16. The molecule has 0 fully saturated rings. The molecule has 2 aromatic heterocycles. The van der Waals surface area contributed by atoms with E-state index in [1.807, 2.05) is 32.0 Å². The fourth-order valence-electron chi connectivity index (χ4n) is 2.74. The Kier molecular flexibility index (Phi) is 5.90. The molecule has 0 atom stereocenters. The van der Waals surface area contributed by atoms with Gasteiger partial charge < -0.3 is 10.2 Å². The molecular formula is C17H22ClN5O2S. The summed E-state index contributed by atoms with van der Waals surface area (Å²) >= 11 is 0. The molecule has 0 aliphatic heterocycles. The second kappa shape index (κ2) is 7.61. The fraction of sp³-hybridized carbons (Fsp3) is 0.294. The van der Waals surface area contributed by atoms with Crippen LogP contribution in [0.4, 0.5) is 5.82 Å². The first kappa shape index (κ1) is 20.2. The standard InChI is InChI=1S/C17H21N5O2S.ClH/c1-12-10-13(11-21(3)4)19-17-15(16(18-2)20-22(12)17)25(23,24)14-8-6-5-7-9-14;/h5-10H,11H2,1-4H3,(H,18,20);1H. The van der Waals surface area contributed by atoms with E-state index in [2.05, 4.69) is 15.4 Å². The lowest BCUT2D eigenvalue weighted by Crippen LogP contribution is -2.13. The van der Waals surface area contributed by atoms with Crippen LogP contribution in [0.2, 0.25) is 0 Å². The quantitative estimate of drug-likeness (QED) is 0.714. The molecule has 1 N–H and O–H groups in total. The molecule has 0 amide bonds. The number of rotatable bonds is 5. The Morgan fingerprint density at radius 1 is 1.19 bits per heavy atom. The zero-order chi connectivity index (χ0) is 18.2. The normalized spacial score (nSPS) is 11.6. The number of aromatic nitrogens is 3. The van der Waals surface area contributed by atoms with E-state index in [9.17, 15) is 8.42 Å². The van der Waals surface area contributed by atoms with Gasteiger partial charge in [0.1, 0.15) is 0 Å². The van der Waals surface area contributed by atoms with E-state index in [0.717, 1.165) is 11.4 Å². The summed E-state index contributed by atoms with van der Waals surface area (Å²) in [5, 5.41) is 7.28. The van der Waals surface area contributed by atoms with E-state index >= 15 is 0 Å². The van der Waals surface area contributed by atoms with Crippen LogP contribution in [0.15, 0.2) is 46.2 Å². The largest absolute Gasteiger partial charge is 0.370 e. The van der Waals surface area contributed by atoms with Gasteiger partial charge in [0.15, 0.2) is 16.4 Å². The maximum absolute atomic E-state index is 13.2. The zero-order valence-corrected chi connectivity index (χ0v) is 16.7. The highest BCUT2D eigenvalue weighted by Gasteiger charge is 2.29. The van der Waals surface area contributed by atoms with Crippen molar-refractivity contribution in [3.8, 4) is 0 Å². The summed E-state index contributed by atoms with van der Waals surface area (Å²) < 4.78 is 27.9. The van der Waals surface area contributed by atoms with Crippen LogP contribution in [-0.4, -0.2) is 49.1 Å². The molecule has 0 aliphatic rings. The molecule has 26 heavy (non-hydrogen) atoms. The second-order valence-corrected chi connectivity index (χ2v) is 7.99. The van der Waals surface area contributed by atoms with Crippen LogP contribution >= 0.6 is 12.4 Å². The maximum atomic E-state index is 13.2. The number of benzene rings is 1. The summed E-state index contributed by atoms with van der Waals surface area (Å²) in [7, 11) is 1.79. The van der Waals surface area contributed by atoms with Gasteiger partial charge in [-0.3, -0.25) is 0 Å². The molecule has 0 saturated heterocycles. The number of fused-ring (bicyclic) bond motifs is 1. The summed E-state index contributed by atoms with van der Waals surface area (Å²) in [6.45, 7) is 2.50. The van der Waals surface area contributed by atoms with Crippen LogP contribution < -0.4 is 5.32 Å². The van der Waals surface area contributed by atoms with Gasteiger partial charge in [-0.15, -0.1) is 17.5 Å². The van der Waals surface area contributed by atoms with Gasteiger partial charge in [-0.05, 0) is 39.2 Å². The minimum absolute atomic E-state index is 0. The van der Waals surface area contributed by atoms with E-state index < -0.39 is 9.84 Å². The van der Waals surface area contributed by atoms with Crippen molar-refractivity contribution in [2.75, 3.05) is 26.5 Å². The number of hydrogen-bond donors (Lipinski definition) is 1. The lowest BCUT2D eigenvalue weighted by molar-refractivity contribution is 0.396. The monoisotopic (exact) mass is 395 g/mol. The van der Waals surface area contributed by atoms with Gasteiger partial charge in [0.25, 0.3) is 0 Å². The van der Waals surface area contributed by atoms with Crippen molar-refractivity contribution in [1.29, 1.82) is 0 Å². The van der Waals surface area contributed by atoms with Gasteiger partial charge in [-0.1, -0.05) is 18.2 Å². The SMILES string of the molecule is CNc1nn2c(C)cc(CN(C)C)nc2c1S(=O)(=O)c1ccccc1.Cl.